The van der Waals surface area contributed by atoms with Crippen LogP contribution in [0.15, 0.2) is 54.7 Å². The van der Waals surface area contributed by atoms with Crippen LogP contribution in [0.2, 0.25) is 0 Å². The molecule has 1 heterocycles. The number of nitrogens with one attached hydrogen (secondary N) is 1. The van der Waals surface area contributed by atoms with Crippen molar-refractivity contribution >= 4 is 5.69 Å². The standard InChI is InChI=1S/C13H14N2/c1-11(13-9-5-6-10-14-13)15-12-7-3-2-4-8-12/h2-11,15H,1H3/t11-/m0/s1. The van der Waals surface area contributed by atoms with Crippen LogP contribution in [-0.4, -0.2) is 4.98 Å². The molecule has 0 fully saturated rings. The molecule has 2 rings (SSSR count). The molecule has 2 aromatic rings. The topological polar surface area (TPSA) is 24.9 Å². The van der Waals surface area contributed by atoms with Gasteiger partial charge in [-0.15, -0.1) is 0 Å². The van der Waals surface area contributed by atoms with Crippen molar-refractivity contribution in [3.05, 3.63) is 60.4 Å². The molecule has 0 aliphatic carbocycles. The Labute approximate surface area is 90.0 Å². The Hall–Kier alpha value is -1.83. The third-order valence-electron chi connectivity index (χ3n) is 2.29. The van der Waals surface area contributed by atoms with Gasteiger partial charge in [-0.1, -0.05) is 24.3 Å². The van der Waals surface area contributed by atoms with Crippen molar-refractivity contribution in [1.29, 1.82) is 0 Å². The second-order valence-electron chi connectivity index (χ2n) is 3.49. The van der Waals surface area contributed by atoms with Gasteiger partial charge >= 0.3 is 0 Å². The number of hydrogen-bond donors (Lipinski definition) is 1. The Bertz CT molecular complexity index is 397. The van der Waals surface area contributed by atoms with Crippen LogP contribution < -0.4 is 5.32 Å². The maximum absolute atomic E-state index is 4.31. The van der Waals surface area contributed by atoms with Crippen LogP contribution in [0.1, 0.15) is 18.7 Å². The Balaban J connectivity index is 2.08. The minimum absolute atomic E-state index is 0.230. The molecule has 0 saturated carbocycles. The Morgan fingerprint density at radius 3 is 2.40 bits per heavy atom. The highest BCUT2D eigenvalue weighted by atomic mass is 14.9. The van der Waals surface area contributed by atoms with Crippen LogP contribution in [0.4, 0.5) is 5.69 Å². The highest BCUT2D eigenvalue weighted by Crippen LogP contribution is 2.16. The van der Waals surface area contributed by atoms with Gasteiger partial charge in [-0.05, 0) is 31.2 Å². The molecule has 15 heavy (non-hydrogen) atoms. The van der Waals surface area contributed by atoms with E-state index in [1.807, 2.05) is 42.6 Å². The summed E-state index contributed by atoms with van der Waals surface area (Å²) in [6.45, 7) is 2.11. The molecule has 0 aliphatic rings. The van der Waals surface area contributed by atoms with E-state index in [1.165, 1.54) is 0 Å². The molecule has 0 saturated heterocycles. The molecule has 1 aromatic carbocycles. The fraction of sp³-hybridized carbons (Fsp3) is 0.154. The van der Waals surface area contributed by atoms with Gasteiger partial charge in [0.05, 0.1) is 11.7 Å². The van der Waals surface area contributed by atoms with Gasteiger partial charge in [0.25, 0.3) is 0 Å². The van der Waals surface area contributed by atoms with E-state index in [0.717, 1.165) is 11.4 Å². The molecule has 0 unspecified atom stereocenters. The molecule has 2 heteroatoms. The third-order valence-corrected chi connectivity index (χ3v) is 2.29. The van der Waals surface area contributed by atoms with Crippen LogP contribution in [-0.2, 0) is 0 Å². The van der Waals surface area contributed by atoms with Crippen molar-refractivity contribution in [1.82, 2.24) is 4.98 Å². The van der Waals surface area contributed by atoms with E-state index in [1.54, 1.807) is 0 Å². The number of benzene rings is 1. The molecule has 1 atom stereocenters. The number of nitrogens with zero attached hydrogens (tertiary/aromatic N) is 1. The lowest BCUT2D eigenvalue weighted by Gasteiger charge is -2.14. The van der Waals surface area contributed by atoms with Gasteiger partial charge in [0, 0.05) is 11.9 Å². The van der Waals surface area contributed by atoms with E-state index in [-0.39, 0.29) is 6.04 Å². The normalized spacial score (nSPS) is 12.1. The van der Waals surface area contributed by atoms with Gasteiger partial charge in [0.1, 0.15) is 0 Å². The lowest BCUT2D eigenvalue weighted by atomic mass is 10.2. The molecule has 0 aliphatic heterocycles. The summed E-state index contributed by atoms with van der Waals surface area (Å²) in [7, 11) is 0. The van der Waals surface area contributed by atoms with Crippen molar-refractivity contribution in [2.75, 3.05) is 5.32 Å². The monoisotopic (exact) mass is 198 g/mol. The summed E-state index contributed by atoms with van der Waals surface area (Å²) in [6.07, 6.45) is 1.82. The minimum Gasteiger partial charge on any atom is -0.377 e. The van der Waals surface area contributed by atoms with Crippen molar-refractivity contribution in [2.24, 2.45) is 0 Å². The molecular formula is C13H14N2. The van der Waals surface area contributed by atoms with Crippen LogP contribution in [0, 0.1) is 0 Å². The van der Waals surface area contributed by atoms with E-state index in [0.29, 0.717) is 0 Å². The Morgan fingerprint density at radius 1 is 1.00 bits per heavy atom. The van der Waals surface area contributed by atoms with Crippen molar-refractivity contribution in [3.8, 4) is 0 Å². The summed E-state index contributed by atoms with van der Waals surface area (Å²) < 4.78 is 0. The summed E-state index contributed by atoms with van der Waals surface area (Å²) in [5, 5.41) is 3.40. The Morgan fingerprint density at radius 2 is 1.73 bits per heavy atom. The fourth-order valence-corrected chi connectivity index (χ4v) is 1.49. The van der Waals surface area contributed by atoms with Crippen molar-refractivity contribution in [3.63, 3.8) is 0 Å². The van der Waals surface area contributed by atoms with E-state index >= 15 is 0 Å². The first-order valence-corrected chi connectivity index (χ1v) is 5.09. The van der Waals surface area contributed by atoms with E-state index < -0.39 is 0 Å². The minimum atomic E-state index is 0.230. The van der Waals surface area contributed by atoms with Crippen LogP contribution in [0.3, 0.4) is 0 Å². The zero-order valence-electron chi connectivity index (χ0n) is 8.72. The molecule has 1 aromatic heterocycles. The van der Waals surface area contributed by atoms with Crippen molar-refractivity contribution < 1.29 is 0 Å². The number of para-hydroxylation sites is 1. The number of aromatic nitrogens is 1. The molecule has 76 valence electrons. The zero-order chi connectivity index (χ0) is 10.5. The molecule has 0 radical (unpaired) electrons. The Kier molecular flexibility index (Phi) is 2.98. The largest absolute Gasteiger partial charge is 0.377 e. The first-order valence-electron chi connectivity index (χ1n) is 5.09. The summed E-state index contributed by atoms with van der Waals surface area (Å²) in [5.74, 6) is 0. The average Bonchev–Trinajstić information content (AvgIpc) is 2.31. The summed E-state index contributed by atoms with van der Waals surface area (Å²) in [4.78, 5) is 4.31. The average molecular weight is 198 g/mol. The van der Waals surface area contributed by atoms with Gasteiger partial charge in [-0.3, -0.25) is 4.98 Å². The summed E-state index contributed by atoms with van der Waals surface area (Å²) in [5.41, 5.74) is 2.18. The SMILES string of the molecule is C[C@H](Nc1ccccc1)c1ccccn1. The third kappa shape index (κ3) is 2.56. The van der Waals surface area contributed by atoms with Crippen LogP contribution in [0.25, 0.3) is 0 Å². The lowest BCUT2D eigenvalue weighted by Crippen LogP contribution is -2.07. The number of pyridine rings is 1. The molecule has 2 nitrogen and oxygen atoms in total. The van der Waals surface area contributed by atoms with E-state index in [4.69, 9.17) is 0 Å². The van der Waals surface area contributed by atoms with Gasteiger partial charge in [0.2, 0.25) is 0 Å². The van der Waals surface area contributed by atoms with Gasteiger partial charge in [-0.2, -0.15) is 0 Å². The van der Waals surface area contributed by atoms with Gasteiger partial charge in [-0.25, -0.2) is 0 Å². The quantitative estimate of drug-likeness (QED) is 0.818. The fourth-order valence-electron chi connectivity index (χ4n) is 1.49. The lowest BCUT2D eigenvalue weighted by molar-refractivity contribution is 0.839. The van der Waals surface area contributed by atoms with Gasteiger partial charge in [0.15, 0.2) is 0 Å². The first kappa shape index (κ1) is 9.71. The van der Waals surface area contributed by atoms with Gasteiger partial charge < -0.3 is 5.32 Å². The summed E-state index contributed by atoms with van der Waals surface area (Å²) >= 11 is 0. The van der Waals surface area contributed by atoms with E-state index in [2.05, 4.69) is 29.4 Å². The maximum atomic E-state index is 4.31. The van der Waals surface area contributed by atoms with Crippen LogP contribution in [0.5, 0.6) is 0 Å². The zero-order valence-corrected chi connectivity index (χ0v) is 8.72. The highest BCUT2D eigenvalue weighted by Gasteiger charge is 2.04. The summed E-state index contributed by atoms with van der Waals surface area (Å²) in [6, 6.07) is 16.4. The second-order valence-corrected chi connectivity index (χ2v) is 3.49. The first-order chi connectivity index (χ1) is 7.36. The number of anilines is 1. The highest BCUT2D eigenvalue weighted by molar-refractivity contribution is 5.44. The second kappa shape index (κ2) is 4.60. The van der Waals surface area contributed by atoms with Crippen LogP contribution >= 0.6 is 0 Å². The molecule has 0 amide bonds. The predicted molar refractivity (Wildman–Crippen MR) is 62.7 cm³/mol. The number of hydrogen-bond acceptors (Lipinski definition) is 2. The van der Waals surface area contributed by atoms with E-state index in [9.17, 15) is 0 Å². The van der Waals surface area contributed by atoms with Crippen molar-refractivity contribution in [2.45, 2.75) is 13.0 Å². The molecular weight excluding hydrogens is 184 g/mol. The number of rotatable bonds is 3. The molecule has 1 N–H and O–H groups in total. The molecule has 0 bridgehead atoms. The molecule has 0 spiro atoms. The smallest absolute Gasteiger partial charge is 0.0657 e. The maximum Gasteiger partial charge on any atom is 0.0657 e. The predicted octanol–water partition coefficient (Wildman–Crippen LogP) is 3.25.